The smallest absolute Gasteiger partial charge is 0.308 e. The highest BCUT2D eigenvalue weighted by Crippen LogP contribution is 2.15. The van der Waals surface area contributed by atoms with Crippen molar-refractivity contribution in [2.75, 3.05) is 46.2 Å². The molecule has 0 spiro atoms. The van der Waals surface area contributed by atoms with Crippen molar-refractivity contribution < 1.29 is 57.1 Å². The molecule has 292 valence electrons. The molecule has 13 heteroatoms. The van der Waals surface area contributed by atoms with E-state index in [0.29, 0.717) is 25.9 Å². The molecule has 0 atom stereocenters. The van der Waals surface area contributed by atoms with Gasteiger partial charge < -0.3 is 38.5 Å². The van der Waals surface area contributed by atoms with Crippen molar-refractivity contribution >= 4 is 29.8 Å². The van der Waals surface area contributed by atoms with Crippen LogP contribution in [0.15, 0.2) is 0 Å². The molecule has 0 heterocycles. The van der Waals surface area contributed by atoms with Gasteiger partial charge in [0, 0.05) is 12.8 Å². The molecule has 0 aliphatic heterocycles. The average Bonchev–Trinajstić information content (AvgIpc) is 2.95. The Morgan fingerprint density at radius 1 is 0.460 bits per heavy atom. The van der Waals surface area contributed by atoms with Crippen LogP contribution in [0, 0.1) is 0 Å². The molecule has 50 heavy (non-hydrogen) atoms. The van der Waals surface area contributed by atoms with Gasteiger partial charge in [-0.25, -0.2) is 0 Å². The van der Waals surface area contributed by atoms with Gasteiger partial charge in [-0.3, -0.25) is 24.0 Å². The van der Waals surface area contributed by atoms with E-state index in [2.05, 4.69) is 5.32 Å². The summed E-state index contributed by atoms with van der Waals surface area (Å²) in [6.07, 6.45) is 5.13. The number of esters is 4. The number of nitrogens with one attached hydrogen (secondary N) is 1. The first-order chi connectivity index (χ1) is 23.2. The van der Waals surface area contributed by atoms with Crippen LogP contribution in [-0.4, -0.2) is 98.4 Å². The van der Waals surface area contributed by atoms with Crippen molar-refractivity contribution in [1.82, 2.24) is 5.32 Å². The van der Waals surface area contributed by atoms with Gasteiger partial charge in [-0.1, -0.05) is 26.2 Å². The molecule has 0 rings (SSSR count). The van der Waals surface area contributed by atoms with E-state index in [1.54, 1.807) is 62.3 Å². The maximum absolute atomic E-state index is 13.3. The molecule has 0 aliphatic rings. The Balaban J connectivity index is 5.52. The standard InChI is InChI=1S/C37H67NO12/c1-11-12-22-47-30(40)18-16-14-13-15-17-29(39)38-37(26-44-23-19-31(41)48-34(2,3)4,27-45-24-20-32(42)49-35(5,6)7)28-46-25-21-33(43)50-36(8,9)10/h11-28H2,1-10H3,(H,38,39). The summed E-state index contributed by atoms with van der Waals surface area (Å²) >= 11 is 0. The normalized spacial score (nSPS) is 12.3. The lowest BCUT2D eigenvalue weighted by molar-refractivity contribution is -0.157. The van der Waals surface area contributed by atoms with E-state index < -0.39 is 40.2 Å². The van der Waals surface area contributed by atoms with Crippen molar-refractivity contribution in [3.8, 4) is 0 Å². The van der Waals surface area contributed by atoms with Crippen LogP contribution in [0.2, 0.25) is 0 Å². The number of rotatable bonds is 26. The molecular formula is C37H67NO12. The van der Waals surface area contributed by atoms with Crippen molar-refractivity contribution in [2.45, 2.75) is 162 Å². The second-order valence-electron chi connectivity index (χ2n) is 15.5. The minimum atomic E-state index is -1.21. The van der Waals surface area contributed by atoms with Crippen molar-refractivity contribution in [3.63, 3.8) is 0 Å². The van der Waals surface area contributed by atoms with Crippen molar-refractivity contribution in [1.29, 1.82) is 0 Å². The number of amides is 1. The highest BCUT2D eigenvalue weighted by molar-refractivity contribution is 5.77. The predicted molar refractivity (Wildman–Crippen MR) is 188 cm³/mol. The highest BCUT2D eigenvalue weighted by atomic mass is 16.6. The zero-order valence-electron chi connectivity index (χ0n) is 32.6. The van der Waals surface area contributed by atoms with Gasteiger partial charge in [-0.05, 0) is 81.6 Å². The monoisotopic (exact) mass is 717 g/mol. The van der Waals surface area contributed by atoms with Gasteiger partial charge in [0.25, 0.3) is 0 Å². The van der Waals surface area contributed by atoms with Crippen LogP contribution in [0.25, 0.3) is 0 Å². The summed E-state index contributed by atoms with van der Waals surface area (Å²) in [5, 5.41) is 3.01. The van der Waals surface area contributed by atoms with Crippen LogP contribution in [0.5, 0.6) is 0 Å². The maximum Gasteiger partial charge on any atom is 0.308 e. The van der Waals surface area contributed by atoms with E-state index in [-0.39, 0.29) is 77.2 Å². The van der Waals surface area contributed by atoms with Gasteiger partial charge in [0.05, 0.1) is 65.5 Å². The third-order valence-corrected chi connectivity index (χ3v) is 6.45. The quantitative estimate of drug-likeness (QED) is 0.0654. The number of unbranched alkanes of at least 4 members (excludes halogenated alkanes) is 4. The fourth-order valence-electron chi connectivity index (χ4n) is 4.35. The molecule has 1 amide bonds. The molecule has 1 N–H and O–H groups in total. The van der Waals surface area contributed by atoms with E-state index in [9.17, 15) is 24.0 Å². The summed E-state index contributed by atoms with van der Waals surface area (Å²) in [5.74, 6) is -1.76. The van der Waals surface area contributed by atoms with Gasteiger partial charge in [-0.15, -0.1) is 0 Å². The van der Waals surface area contributed by atoms with Crippen LogP contribution in [-0.2, 0) is 57.1 Å². The summed E-state index contributed by atoms with van der Waals surface area (Å²) in [6.45, 7) is 18.3. The zero-order chi connectivity index (χ0) is 38.3. The summed E-state index contributed by atoms with van der Waals surface area (Å²) < 4.78 is 38.9. The molecule has 0 fully saturated rings. The Bertz CT molecular complexity index is 919. The number of hydrogen-bond donors (Lipinski definition) is 1. The molecule has 0 aromatic carbocycles. The lowest BCUT2D eigenvalue weighted by Crippen LogP contribution is -2.58. The van der Waals surface area contributed by atoms with Crippen molar-refractivity contribution in [2.24, 2.45) is 0 Å². The van der Waals surface area contributed by atoms with Crippen LogP contribution >= 0.6 is 0 Å². The second-order valence-corrected chi connectivity index (χ2v) is 15.5. The minimum absolute atomic E-state index is 0.00749. The Morgan fingerprint density at radius 2 is 0.840 bits per heavy atom. The number of carbonyl (C=O) groups is 5. The van der Waals surface area contributed by atoms with E-state index >= 15 is 0 Å². The third-order valence-electron chi connectivity index (χ3n) is 6.45. The third kappa shape index (κ3) is 29.0. The zero-order valence-corrected chi connectivity index (χ0v) is 32.6. The molecule has 0 aromatic heterocycles. The van der Waals surface area contributed by atoms with Gasteiger partial charge in [0.15, 0.2) is 0 Å². The molecule has 13 nitrogen and oxygen atoms in total. The summed E-state index contributed by atoms with van der Waals surface area (Å²) in [6, 6.07) is 0. The first-order valence-electron chi connectivity index (χ1n) is 18.0. The Labute approximate surface area is 300 Å². The van der Waals surface area contributed by atoms with Gasteiger partial charge in [-0.2, -0.15) is 0 Å². The number of hydrogen-bond acceptors (Lipinski definition) is 12. The van der Waals surface area contributed by atoms with E-state index in [1.807, 2.05) is 6.92 Å². The Hall–Kier alpha value is -2.77. The molecular weight excluding hydrogens is 650 g/mol. The van der Waals surface area contributed by atoms with Crippen LogP contribution in [0.4, 0.5) is 0 Å². The summed E-state index contributed by atoms with van der Waals surface area (Å²) in [4.78, 5) is 61.9. The average molecular weight is 718 g/mol. The van der Waals surface area contributed by atoms with E-state index in [1.165, 1.54) is 0 Å². The SMILES string of the molecule is CCCCOC(=O)CCCCCCC(=O)NC(COCCC(=O)OC(C)(C)C)(COCCC(=O)OC(C)(C)C)COCCC(=O)OC(C)(C)C. The largest absolute Gasteiger partial charge is 0.466 e. The minimum Gasteiger partial charge on any atom is -0.466 e. The van der Waals surface area contributed by atoms with Crippen LogP contribution in [0.3, 0.4) is 0 Å². The molecule has 0 saturated carbocycles. The second kappa shape index (κ2) is 24.4. The first kappa shape index (κ1) is 47.2. The van der Waals surface area contributed by atoms with Gasteiger partial charge in [0.1, 0.15) is 22.3 Å². The predicted octanol–water partition coefficient (Wildman–Crippen LogP) is 5.77. The molecule has 0 unspecified atom stereocenters. The molecule has 0 radical (unpaired) electrons. The summed E-state index contributed by atoms with van der Waals surface area (Å²) in [7, 11) is 0. The van der Waals surface area contributed by atoms with Gasteiger partial charge in [0.2, 0.25) is 5.91 Å². The molecule has 0 saturated heterocycles. The van der Waals surface area contributed by atoms with Gasteiger partial charge >= 0.3 is 23.9 Å². The molecule has 0 bridgehead atoms. The Morgan fingerprint density at radius 3 is 1.20 bits per heavy atom. The maximum atomic E-state index is 13.3. The van der Waals surface area contributed by atoms with E-state index in [4.69, 9.17) is 33.2 Å². The van der Waals surface area contributed by atoms with E-state index in [0.717, 1.165) is 25.7 Å². The highest BCUT2D eigenvalue weighted by Gasteiger charge is 2.34. The van der Waals surface area contributed by atoms with Crippen LogP contribution < -0.4 is 5.32 Å². The molecule has 0 aliphatic carbocycles. The first-order valence-corrected chi connectivity index (χ1v) is 18.0. The van der Waals surface area contributed by atoms with Crippen LogP contribution in [0.1, 0.15) is 140 Å². The topological polar surface area (TPSA) is 162 Å². The van der Waals surface area contributed by atoms with Crippen molar-refractivity contribution in [3.05, 3.63) is 0 Å². The lowest BCUT2D eigenvalue weighted by Gasteiger charge is -2.34. The number of carbonyl (C=O) groups excluding carboxylic acids is 5. The summed E-state index contributed by atoms with van der Waals surface area (Å²) in [5.41, 5.74) is -3.14. The fourth-order valence-corrected chi connectivity index (χ4v) is 4.35. The number of ether oxygens (including phenoxy) is 7. The Kier molecular flexibility index (Phi) is 23.1. The fraction of sp³-hybridized carbons (Fsp3) is 0.865. The lowest BCUT2D eigenvalue weighted by atomic mass is 10.0. The molecule has 0 aromatic rings.